The molecule has 0 amide bonds. The first-order valence-corrected chi connectivity index (χ1v) is 4.95. The highest BCUT2D eigenvalue weighted by molar-refractivity contribution is 5.60. The van der Waals surface area contributed by atoms with Gasteiger partial charge in [-0.2, -0.15) is 0 Å². The minimum Gasteiger partial charge on any atom is -0.303 e. The maximum atomic E-state index is 11.0. The Hall–Kier alpha value is -1.78. The van der Waals surface area contributed by atoms with Gasteiger partial charge in [-0.3, -0.25) is 15.1 Å². The van der Waals surface area contributed by atoms with Crippen molar-refractivity contribution < 1.29 is 9.72 Å². The molecule has 1 aromatic heterocycles. The van der Waals surface area contributed by atoms with Crippen molar-refractivity contribution in [3.63, 3.8) is 0 Å². The summed E-state index contributed by atoms with van der Waals surface area (Å²) in [4.78, 5) is 25.1. The second-order valence-electron chi connectivity index (χ2n) is 4.29. The van der Waals surface area contributed by atoms with Crippen LogP contribution in [-0.2, 0) is 4.79 Å². The third-order valence-corrected chi connectivity index (χ3v) is 2.62. The van der Waals surface area contributed by atoms with Crippen LogP contribution in [0.2, 0.25) is 0 Å². The third kappa shape index (κ3) is 2.85. The van der Waals surface area contributed by atoms with E-state index in [2.05, 4.69) is 4.98 Å². The average molecular weight is 222 g/mol. The van der Waals surface area contributed by atoms with Crippen LogP contribution in [0.15, 0.2) is 24.5 Å². The summed E-state index contributed by atoms with van der Waals surface area (Å²) in [5.41, 5.74) is -0.0490. The number of rotatable bonds is 5. The van der Waals surface area contributed by atoms with Crippen LogP contribution < -0.4 is 0 Å². The minimum atomic E-state index is -0.768. The Morgan fingerprint density at radius 3 is 2.75 bits per heavy atom. The van der Waals surface area contributed by atoms with Gasteiger partial charge in [0.15, 0.2) is 0 Å². The minimum absolute atomic E-state index is 0.266. The van der Waals surface area contributed by atoms with Crippen molar-refractivity contribution >= 4 is 6.29 Å². The molecule has 1 unspecified atom stereocenters. The molecule has 86 valence electrons. The molecule has 0 saturated heterocycles. The predicted octanol–water partition coefficient (Wildman–Crippen LogP) is 1.67. The lowest BCUT2D eigenvalue weighted by molar-refractivity contribution is -0.485. The molecule has 0 radical (unpaired) electrons. The van der Waals surface area contributed by atoms with Crippen LogP contribution in [-0.4, -0.2) is 22.7 Å². The second kappa shape index (κ2) is 4.83. The molecule has 0 aromatic carbocycles. The van der Waals surface area contributed by atoms with E-state index in [4.69, 9.17) is 0 Å². The number of hydrogen-bond donors (Lipinski definition) is 0. The van der Waals surface area contributed by atoms with Gasteiger partial charge in [0, 0.05) is 22.7 Å². The van der Waals surface area contributed by atoms with Gasteiger partial charge in [-0.1, -0.05) is 19.9 Å². The number of nitro groups is 1. The van der Waals surface area contributed by atoms with E-state index in [-0.39, 0.29) is 6.54 Å². The van der Waals surface area contributed by atoms with Crippen LogP contribution in [0.3, 0.4) is 0 Å². The van der Waals surface area contributed by atoms with Gasteiger partial charge in [-0.15, -0.1) is 0 Å². The maximum Gasteiger partial charge on any atom is 0.211 e. The van der Waals surface area contributed by atoms with E-state index >= 15 is 0 Å². The molecule has 5 nitrogen and oxygen atoms in total. The van der Waals surface area contributed by atoms with Gasteiger partial charge in [0.25, 0.3) is 0 Å². The lowest BCUT2D eigenvalue weighted by Crippen LogP contribution is -2.29. The Balaban J connectivity index is 3.06. The lowest BCUT2D eigenvalue weighted by Gasteiger charge is -2.25. The van der Waals surface area contributed by atoms with Gasteiger partial charge >= 0.3 is 0 Å². The lowest BCUT2D eigenvalue weighted by atomic mass is 9.76. The molecule has 0 aliphatic carbocycles. The number of carbonyl (C=O) groups is 1. The van der Waals surface area contributed by atoms with E-state index in [1.807, 2.05) is 0 Å². The number of nitrogens with zero attached hydrogens (tertiary/aromatic N) is 2. The molecule has 16 heavy (non-hydrogen) atoms. The zero-order valence-electron chi connectivity index (χ0n) is 9.29. The molecule has 1 atom stereocenters. The van der Waals surface area contributed by atoms with Crippen LogP contribution >= 0.6 is 0 Å². The molecular formula is C11H14N2O3. The average Bonchev–Trinajstić information content (AvgIpc) is 2.27. The van der Waals surface area contributed by atoms with E-state index in [0.717, 1.165) is 11.8 Å². The first kappa shape index (κ1) is 12.3. The summed E-state index contributed by atoms with van der Waals surface area (Å²) in [6.07, 6.45) is 3.92. The third-order valence-electron chi connectivity index (χ3n) is 2.62. The van der Waals surface area contributed by atoms with Crippen LogP contribution in [0.5, 0.6) is 0 Å². The topological polar surface area (TPSA) is 73.1 Å². The Morgan fingerprint density at radius 1 is 1.62 bits per heavy atom. The molecule has 1 heterocycles. The fourth-order valence-electron chi connectivity index (χ4n) is 1.58. The van der Waals surface area contributed by atoms with Crippen molar-refractivity contribution in [2.75, 3.05) is 6.54 Å². The van der Waals surface area contributed by atoms with Crippen LogP contribution in [0.4, 0.5) is 0 Å². The Labute approximate surface area is 93.7 Å². The number of carbonyl (C=O) groups excluding carboxylic acids is 1. The normalized spacial score (nSPS) is 13.1. The largest absolute Gasteiger partial charge is 0.303 e. The molecule has 0 N–H and O–H groups in total. The van der Waals surface area contributed by atoms with Crippen molar-refractivity contribution in [2.24, 2.45) is 5.41 Å². The highest BCUT2D eigenvalue weighted by Crippen LogP contribution is 2.33. The van der Waals surface area contributed by atoms with Crippen LogP contribution in [0.25, 0.3) is 0 Å². The second-order valence-corrected chi connectivity index (χ2v) is 4.29. The number of hydrogen-bond acceptors (Lipinski definition) is 4. The molecule has 0 fully saturated rings. The smallest absolute Gasteiger partial charge is 0.211 e. The zero-order valence-corrected chi connectivity index (χ0v) is 9.29. The Morgan fingerprint density at radius 2 is 2.31 bits per heavy atom. The molecule has 1 aromatic rings. The van der Waals surface area contributed by atoms with E-state index in [9.17, 15) is 14.9 Å². The Kier molecular flexibility index (Phi) is 3.71. The molecule has 0 spiro atoms. The van der Waals surface area contributed by atoms with Gasteiger partial charge < -0.3 is 4.79 Å². The molecule has 0 bridgehead atoms. The van der Waals surface area contributed by atoms with Crippen molar-refractivity contribution in [1.82, 2.24) is 4.98 Å². The molecule has 0 aliphatic rings. The summed E-state index contributed by atoms with van der Waals surface area (Å²) in [7, 11) is 0. The van der Waals surface area contributed by atoms with E-state index in [0.29, 0.717) is 0 Å². The monoisotopic (exact) mass is 222 g/mol. The van der Waals surface area contributed by atoms with Gasteiger partial charge in [-0.05, 0) is 11.6 Å². The zero-order chi connectivity index (χ0) is 12.2. The fourth-order valence-corrected chi connectivity index (χ4v) is 1.58. The SMILES string of the molecule is CC(C)(C=O)C(C[N+](=O)[O-])c1cccnc1. The molecular weight excluding hydrogens is 208 g/mol. The standard InChI is InChI=1S/C11H14N2O3/c1-11(2,8-14)10(7-13(15)16)9-4-3-5-12-6-9/h3-6,8,10H,7H2,1-2H3. The summed E-state index contributed by atoms with van der Waals surface area (Å²) < 4.78 is 0. The maximum absolute atomic E-state index is 11.0. The quantitative estimate of drug-likeness (QED) is 0.431. The fraction of sp³-hybridized carbons (Fsp3) is 0.455. The van der Waals surface area contributed by atoms with E-state index in [1.54, 1.807) is 38.4 Å². The first-order valence-electron chi connectivity index (χ1n) is 4.95. The molecule has 1 rings (SSSR count). The molecule has 0 saturated carbocycles. The van der Waals surface area contributed by atoms with Gasteiger partial charge in [0.2, 0.25) is 6.54 Å². The number of aldehydes is 1. The molecule has 5 heteroatoms. The number of aromatic nitrogens is 1. The van der Waals surface area contributed by atoms with Crippen molar-refractivity contribution in [3.05, 3.63) is 40.2 Å². The van der Waals surface area contributed by atoms with Crippen molar-refractivity contribution in [1.29, 1.82) is 0 Å². The van der Waals surface area contributed by atoms with Crippen molar-refractivity contribution in [3.8, 4) is 0 Å². The summed E-state index contributed by atoms with van der Waals surface area (Å²) >= 11 is 0. The van der Waals surface area contributed by atoms with Crippen molar-refractivity contribution in [2.45, 2.75) is 19.8 Å². The van der Waals surface area contributed by atoms with Gasteiger partial charge in [0.1, 0.15) is 6.29 Å². The summed E-state index contributed by atoms with van der Waals surface area (Å²) in [5.74, 6) is -0.450. The molecule has 0 aliphatic heterocycles. The van der Waals surface area contributed by atoms with Gasteiger partial charge in [-0.25, -0.2) is 0 Å². The van der Waals surface area contributed by atoms with E-state index in [1.165, 1.54) is 0 Å². The van der Waals surface area contributed by atoms with Crippen LogP contribution in [0.1, 0.15) is 25.3 Å². The first-order chi connectivity index (χ1) is 7.47. The highest BCUT2D eigenvalue weighted by atomic mass is 16.6. The summed E-state index contributed by atoms with van der Waals surface area (Å²) in [6, 6.07) is 3.47. The van der Waals surface area contributed by atoms with E-state index < -0.39 is 16.3 Å². The summed E-state index contributed by atoms with van der Waals surface area (Å²) in [6.45, 7) is 3.12. The van der Waals surface area contributed by atoms with Gasteiger partial charge in [0.05, 0.1) is 5.92 Å². The Bertz CT molecular complexity index is 376. The predicted molar refractivity (Wildman–Crippen MR) is 58.7 cm³/mol. The number of pyridine rings is 1. The van der Waals surface area contributed by atoms with Crippen LogP contribution in [0, 0.1) is 15.5 Å². The highest BCUT2D eigenvalue weighted by Gasteiger charge is 2.34. The summed E-state index contributed by atoms with van der Waals surface area (Å²) in [5, 5.41) is 10.6.